The summed E-state index contributed by atoms with van der Waals surface area (Å²) in [6.45, 7) is 1.14. The van der Waals surface area contributed by atoms with Crippen LogP contribution in [0, 0.1) is 0 Å². The van der Waals surface area contributed by atoms with Crippen molar-refractivity contribution in [2.45, 2.75) is 44.6 Å². The summed E-state index contributed by atoms with van der Waals surface area (Å²) in [5, 5.41) is 3.14. The molecule has 1 N–H and O–H groups in total. The summed E-state index contributed by atoms with van der Waals surface area (Å²) >= 11 is 1.48. The zero-order valence-corrected chi connectivity index (χ0v) is 14.7. The van der Waals surface area contributed by atoms with Gasteiger partial charge in [0.1, 0.15) is 0 Å². The zero-order chi connectivity index (χ0) is 16.8. The smallest absolute Gasteiger partial charge is 0.261 e. The van der Waals surface area contributed by atoms with Crippen molar-refractivity contribution in [3.05, 3.63) is 57.8 Å². The van der Waals surface area contributed by atoms with E-state index in [1.807, 2.05) is 30.3 Å². The first kappa shape index (κ1) is 17.1. The fraction of sp³-hybridized carbons (Fsp3) is 0.421. The summed E-state index contributed by atoms with van der Waals surface area (Å²) in [6, 6.07) is 14.1. The third kappa shape index (κ3) is 4.44. The van der Waals surface area contributed by atoms with Gasteiger partial charge in [0.2, 0.25) is 0 Å². The lowest BCUT2D eigenvalue weighted by Gasteiger charge is -2.21. The zero-order valence-electron chi connectivity index (χ0n) is 13.9. The first-order valence-corrected chi connectivity index (χ1v) is 9.12. The quantitative estimate of drug-likeness (QED) is 0.831. The van der Waals surface area contributed by atoms with E-state index >= 15 is 0 Å². The molecule has 1 aliphatic carbocycles. The van der Waals surface area contributed by atoms with E-state index in [1.54, 1.807) is 7.11 Å². The predicted molar refractivity (Wildman–Crippen MR) is 95.2 cm³/mol. The van der Waals surface area contributed by atoms with Crippen molar-refractivity contribution in [1.82, 2.24) is 5.32 Å². The number of hydrogen-bond donors (Lipinski definition) is 1. The lowest BCUT2D eigenvalue weighted by atomic mass is 10.2. The summed E-state index contributed by atoms with van der Waals surface area (Å²) in [4.78, 5) is 14.2. The number of thiophene rings is 1. The molecule has 1 heterocycles. The van der Waals surface area contributed by atoms with Crippen molar-refractivity contribution in [3.8, 4) is 0 Å². The van der Waals surface area contributed by atoms with Crippen LogP contribution < -0.4 is 5.32 Å². The van der Waals surface area contributed by atoms with Gasteiger partial charge in [-0.15, -0.1) is 11.3 Å². The van der Waals surface area contributed by atoms with Crippen molar-refractivity contribution in [2.75, 3.05) is 7.11 Å². The monoisotopic (exact) mass is 345 g/mol. The Morgan fingerprint density at radius 3 is 2.79 bits per heavy atom. The van der Waals surface area contributed by atoms with E-state index in [4.69, 9.17) is 9.47 Å². The molecule has 0 radical (unpaired) electrons. The van der Waals surface area contributed by atoms with Crippen molar-refractivity contribution in [2.24, 2.45) is 0 Å². The van der Waals surface area contributed by atoms with Crippen LogP contribution in [0.3, 0.4) is 0 Å². The molecule has 0 aliphatic heterocycles. The Balaban J connectivity index is 1.54. The van der Waals surface area contributed by atoms with Crippen molar-refractivity contribution < 1.29 is 14.3 Å². The maximum atomic E-state index is 12.4. The van der Waals surface area contributed by atoms with Gasteiger partial charge in [-0.25, -0.2) is 0 Å². The van der Waals surface area contributed by atoms with Gasteiger partial charge in [-0.1, -0.05) is 30.3 Å². The van der Waals surface area contributed by atoms with Gasteiger partial charge in [-0.05, 0) is 37.0 Å². The molecule has 0 bridgehead atoms. The third-order valence-electron chi connectivity index (χ3n) is 4.25. The van der Waals surface area contributed by atoms with Crippen LogP contribution >= 0.6 is 11.3 Å². The molecule has 1 amide bonds. The van der Waals surface area contributed by atoms with Crippen LogP contribution in [0.1, 0.15) is 39.4 Å². The lowest BCUT2D eigenvalue weighted by Crippen LogP contribution is -2.40. The van der Waals surface area contributed by atoms with Crippen LogP contribution in [0.25, 0.3) is 0 Å². The minimum absolute atomic E-state index is 0.0115. The molecule has 0 spiro atoms. The van der Waals surface area contributed by atoms with Gasteiger partial charge in [0.05, 0.1) is 30.2 Å². The molecule has 0 unspecified atom stereocenters. The van der Waals surface area contributed by atoms with E-state index in [1.165, 1.54) is 11.3 Å². The molecule has 5 heteroatoms. The Kier molecular flexibility index (Phi) is 6.01. The van der Waals surface area contributed by atoms with Gasteiger partial charge < -0.3 is 14.8 Å². The van der Waals surface area contributed by atoms with E-state index in [-0.39, 0.29) is 18.1 Å². The molecule has 3 rings (SSSR count). The van der Waals surface area contributed by atoms with Gasteiger partial charge in [0.15, 0.2) is 0 Å². The summed E-state index contributed by atoms with van der Waals surface area (Å²) in [7, 11) is 1.66. The van der Waals surface area contributed by atoms with E-state index in [9.17, 15) is 4.79 Å². The predicted octanol–water partition coefficient (Wildman–Crippen LogP) is 3.76. The number of nitrogens with one attached hydrogen (secondary N) is 1. The van der Waals surface area contributed by atoms with E-state index < -0.39 is 0 Å². The second-order valence-electron chi connectivity index (χ2n) is 6.04. The molecule has 2 atom stereocenters. The summed E-state index contributed by atoms with van der Waals surface area (Å²) in [6.07, 6.45) is 3.15. The SMILES string of the molecule is COCc1ccc(C(=O)N[C@@H]2CCC[C@H]2OCc2ccccc2)s1. The van der Waals surface area contributed by atoms with Gasteiger partial charge in [-0.2, -0.15) is 0 Å². The van der Waals surface area contributed by atoms with Crippen LogP contribution in [0.15, 0.2) is 42.5 Å². The van der Waals surface area contributed by atoms with Crippen molar-refractivity contribution in [3.63, 3.8) is 0 Å². The fourth-order valence-electron chi connectivity index (χ4n) is 3.03. The van der Waals surface area contributed by atoms with Crippen LogP contribution in [-0.4, -0.2) is 25.2 Å². The number of carbonyl (C=O) groups is 1. The number of benzene rings is 1. The minimum atomic E-state index is -0.0115. The fourth-order valence-corrected chi connectivity index (χ4v) is 3.91. The lowest BCUT2D eigenvalue weighted by molar-refractivity contribution is 0.0272. The Bertz CT molecular complexity index is 656. The van der Waals surface area contributed by atoms with Crippen molar-refractivity contribution in [1.29, 1.82) is 0 Å². The van der Waals surface area contributed by atoms with Gasteiger partial charge in [0.25, 0.3) is 5.91 Å². The Labute approximate surface area is 146 Å². The highest BCUT2D eigenvalue weighted by molar-refractivity contribution is 7.14. The molecule has 128 valence electrons. The molecule has 24 heavy (non-hydrogen) atoms. The van der Waals surface area contributed by atoms with Crippen LogP contribution in [0.4, 0.5) is 0 Å². The molecule has 1 aromatic carbocycles. The average Bonchev–Trinajstić information content (AvgIpc) is 3.24. The maximum Gasteiger partial charge on any atom is 0.261 e. The Morgan fingerprint density at radius 1 is 1.17 bits per heavy atom. The minimum Gasteiger partial charge on any atom is -0.379 e. The highest BCUT2D eigenvalue weighted by Gasteiger charge is 2.29. The summed E-state index contributed by atoms with van der Waals surface area (Å²) in [5.41, 5.74) is 1.16. The topological polar surface area (TPSA) is 47.6 Å². The third-order valence-corrected chi connectivity index (χ3v) is 5.31. The van der Waals surface area contributed by atoms with E-state index in [0.717, 1.165) is 34.6 Å². The number of hydrogen-bond acceptors (Lipinski definition) is 4. The molecule has 1 aromatic heterocycles. The van der Waals surface area contributed by atoms with E-state index in [2.05, 4.69) is 17.4 Å². The van der Waals surface area contributed by atoms with Crippen molar-refractivity contribution >= 4 is 17.2 Å². The van der Waals surface area contributed by atoms with E-state index in [0.29, 0.717) is 13.2 Å². The van der Waals surface area contributed by atoms with Gasteiger partial charge in [0, 0.05) is 12.0 Å². The first-order chi connectivity index (χ1) is 11.8. The molecule has 2 aromatic rings. The normalized spacial score (nSPS) is 20.2. The van der Waals surface area contributed by atoms with Crippen LogP contribution in [0.5, 0.6) is 0 Å². The summed E-state index contributed by atoms with van der Waals surface area (Å²) in [5.74, 6) is -0.0115. The first-order valence-electron chi connectivity index (χ1n) is 8.30. The summed E-state index contributed by atoms with van der Waals surface area (Å²) < 4.78 is 11.2. The Hall–Kier alpha value is -1.69. The van der Waals surface area contributed by atoms with Crippen LogP contribution in [-0.2, 0) is 22.7 Å². The number of amides is 1. The number of methoxy groups -OCH3 is 1. The maximum absolute atomic E-state index is 12.4. The molecular weight excluding hydrogens is 322 g/mol. The van der Waals surface area contributed by atoms with Crippen LogP contribution in [0.2, 0.25) is 0 Å². The second kappa shape index (κ2) is 8.42. The standard InChI is InChI=1S/C19H23NO3S/c1-22-13-15-10-11-18(24-15)19(21)20-16-8-5-9-17(16)23-12-14-6-3-2-4-7-14/h2-4,6-7,10-11,16-17H,5,8-9,12-13H2,1H3,(H,20,21)/t16-,17-/m1/s1. The molecule has 0 saturated heterocycles. The molecular formula is C19H23NO3S. The average molecular weight is 345 g/mol. The second-order valence-corrected chi connectivity index (χ2v) is 7.21. The van der Waals surface area contributed by atoms with Gasteiger partial charge in [-0.3, -0.25) is 4.79 Å². The molecule has 1 aliphatic rings. The molecule has 1 saturated carbocycles. The number of ether oxygens (including phenoxy) is 2. The van der Waals surface area contributed by atoms with Gasteiger partial charge >= 0.3 is 0 Å². The number of carbonyl (C=O) groups excluding carboxylic acids is 1. The number of rotatable bonds is 7. The molecule has 4 nitrogen and oxygen atoms in total. The molecule has 1 fully saturated rings. The Morgan fingerprint density at radius 2 is 2.00 bits per heavy atom. The largest absolute Gasteiger partial charge is 0.379 e. The highest BCUT2D eigenvalue weighted by atomic mass is 32.1. The highest BCUT2D eigenvalue weighted by Crippen LogP contribution is 2.24.